The SMILES string of the molecule is CN/C=N\C(=N)c1ccc(C2=CCN(C(=O)CN3CC[C@]4(CCN(c5ccc(N)c(C(=N)C(=N)C=N)n5)C4=O)C3)CC2)cc1. The van der Waals surface area contributed by atoms with Crippen molar-refractivity contribution in [1.29, 1.82) is 21.6 Å². The van der Waals surface area contributed by atoms with Gasteiger partial charge in [0.25, 0.3) is 0 Å². The largest absolute Gasteiger partial charge is 0.397 e. The molecule has 13 nitrogen and oxygen atoms in total. The van der Waals surface area contributed by atoms with Gasteiger partial charge in [0.1, 0.15) is 17.2 Å². The van der Waals surface area contributed by atoms with Crippen LogP contribution in [0.25, 0.3) is 5.57 Å². The van der Waals surface area contributed by atoms with E-state index in [0.29, 0.717) is 51.4 Å². The summed E-state index contributed by atoms with van der Waals surface area (Å²) in [6.45, 7) is 3.03. The number of likely N-dealkylation sites (tertiary alicyclic amines) is 1. The maximum atomic E-state index is 13.7. The summed E-state index contributed by atoms with van der Waals surface area (Å²) in [4.78, 5) is 40.9. The molecule has 4 heterocycles. The summed E-state index contributed by atoms with van der Waals surface area (Å²) >= 11 is 0. The van der Waals surface area contributed by atoms with Gasteiger partial charge >= 0.3 is 0 Å². The third kappa shape index (κ3) is 6.04. The number of rotatable bonds is 9. The zero-order chi connectivity index (χ0) is 31.4. The number of carbonyl (C=O) groups excluding carboxylic acids is 2. The van der Waals surface area contributed by atoms with E-state index in [0.717, 1.165) is 23.8 Å². The Morgan fingerprint density at radius 2 is 1.86 bits per heavy atom. The highest BCUT2D eigenvalue weighted by Gasteiger charge is 2.51. The standard InChI is InChI=1S/C31H37N11O2/c1-37-19-38-29(36)22-4-2-20(3-5-22)21-8-12-41(13-9-21)26(43)17-40-14-10-31(18-40)11-15-42(30(31)44)25-7-6-23(33)28(39-25)27(35)24(34)16-32/h2-8,16,19,32,34-35H,9-15,17-18,33H2,1H3,(H2,36,37,38)/t31-/m0/s1. The molecule has 7 N–H and O–H groups in total. The molecule has 0 saturated carbocycles. The number of nitrogens with one attached hydrogen (secondary N) is 5. The van der Waals surface area contributed by atoms with Crippen LogP contribution in [0.2, 0.25) is 0 Å². The van der Waals surface area contributed by atoms with E-state index < -0.39 is 5.41 Å². The van der Waals surface area contributed by atoms with Crippen LogP contribution in [-0.4, -0.2) is 103 Å². The molecule has 1 aromatic carbocycles. The topological polar surface area (TPSA) is 203 Å². The molecule has 2 aromatic rings. The Hall–Kier alpha value is -5.04. The summed E-state index contributed by atoms with van der Waals surface area (Å²) in [7, 11) is 1.73. The first kappa shape index (κ1) is 30.4. The van der Waals surface area contributed by atoms with Gasteiger partial charge in [0.05, 0.1) is 29.7 Å². The fraction of sp³-hybridized carbons (Fsp3) is 0.355. The second kappa shape index (κ2) is 12.7. The van der Waals surface area contributed by atoms with E-state index in [4.69, 9.17) is 27.4 Å². The molecule has 44 heavy (non-hydrogen) atoms. The lowest BCUT2D eigenvalue weighted by atomic mass is 9.85. The van der Waals surface area contributed by atoms with Crippen molar-refractivity contribution in [2.45, 2.75) is 19.3 Å². The van der Waals surface area contributed by atoms with Crippen LogP contribution >= 0.6 is 0 Å². The van der Waals surface area contributed by atoms with Crippen molar-refractivity contribution in [2.24, 2.45) is 10.4 Å². The Labute approximate surface area is 255 Å². The number of hydrogen-bond donors (Lipinski definition) is 6. The second-order valence-electron chi connectivity index (χ2n) is 11.3. The van der Waals surface area contributed by atoms with E-state index in [2.05, 4.69) is 26.3 Å². The maximum absolute atomic E-state index is 13.7. The van der Waals surface area contributed by atoms with E-state index in [9.17, 15) is 9.59 Å². The van der Waals surface area contributed by atoms with E-state index in [1.807, 2.05) is 29.2 Å². The Morgan fingerprint density at radius 3 is 2.55 bits per heavy atom. The molecule has 1 spiro atoms. The molecular weight excluding hydrogens is 558 g/mol. The number of pyridine rings is 1. The quantitative estimate of drug-likeness (QED) is 0.189. The molecule has 0 aliphatic carbocycles. The number of nitrogen functional groups attached to an aromatic ring is 1. The lowest BCUT2D eigenvalue weighted by Gasteiger charge is -2.29. The summed E-state index contributed by atoms with van der Waals surface area (Å²) in [5, 5.41) is 34.0. The van der Waals surface area contributed by atoms with Crippen LogP contribution in [0, 0.1) is 27.1 Å². The molecule has 228 valence electrons. The summed E-state index contributed by atoms with van der Waals surface area (Å²) in [6, 6.07) is 11.0. The van der Waals surface area contributed by atoms with Crippen molar-refractivity contribution < 1.29 is 9.59 Å². The van der Waals surface area contributed by atoms with Crippen LogP contribution in [0.5, 0.6) is 0 Å². The Morgan fingerprint density at radius 1 is 1.11 bits per heavy atom. The Kier molecular flexibility index (Phi) is 8.76. The molecular formula is C31H37N11O2. The van der Waals surface area contributed by atoms with Crippen LogP contribution in [-0.2, 0) is 9.59 Å². The van der Waals surface area contributed by atoms with Crippen LogP contribution in [0.15, 0.2) is 47.5 Å². The molecule has 2 saturated heterocycles. The summed E-state index contributed by atoms with van der Waals surface area (Å²) in [5.41, 5.74) is 8.08. The van der Waals surface area contributed by atoms with Crippen molar-refractivity contribution in [3.05, 3.63) is 59.3 Å². The number of aliphatic imine (C=N–C) groups is 1. The van der Waals surface area contributed by atoms with Crippen molar-refractivity contribution in [3.8, 4) is 0 Å². The molecule has 2 amide bonds. The summed E-state index contributed by atoms with van der Waals surface area (Å²) < 4.78 is 0. The smallest absolute Gasteiger partial charge is 0.237 e. The molecule has 13 heteroatoms. The predicted octanol–water partition coefficient (Wildman–Crippen LogP) is 2.02. The number of nitrogens with two attached hydrogens (primary N) is 1. The molecule has 2 fully saturated rings. The number of carbonyl (C=O) groups is 2. The summed E-state index contributed by atoms with van der Waals surface area (Å²) in [6.07, 6.45) is 6.36. The van der Waals surface area contributed by atoms with Gasteiger partial charge < -0.3 is 21.4 Å². The molecule has 0 bridgehead atoms. The molecule has 5 rings (SSSR count). The van der Waals surface area contributed by atoms with Crippen LogP contribution in [0.1, 0.15) is 36.1 Å². The average molecular weight is 596 g/mol. The summed E-state index contributed by atoms with van der Waals surface area (Å²) in [5.74, 6) is 0.553. The number of nitrogens with zero attached hydrogens (tertiary/aromatic N) is 5. The zero-order valence-corrected chi connectivity index (χ0v) is 24.7. The Bertz CT molecular complexity index is 1580. The fourth-order valence-corrected chi connectivity index (χ4v) is 6.02. The number of amidine groups is 1. The van der Waals surface area contributed by atoms with Gasteiger partial charge in [0.15, 0.2) is 5.84 Å². The minimum Gasteiger partial charge on any atom is -0.397 e. The highest BCUT2D eigenvalue weighted by molar-refractivity contribution is 6.64. The molecule has 3 aliphatic rings. The number of benzene rings is 1. The third-order valence-electron chi connectivity index (χ3n) is 8.56. The van der Waals surface area contributed by atoms with Gasteiger partial charge in [-0.2, -0.15) is 0 Å². The van der Waals surface area contributed by atoms with Gasteiger partial charge in [-0.1, -0.05) is 30.3 Å². The van der Waals surface area contributed by atoms with Crippen molar-refractivity contribution in [2.75, 3.05) is 56.9 Å². The van der Waals surface area contributed by atoms with Crippen LogP contribution in [0.3, 0.4) is 0 Å². The van der Waals surface area contributed by atoms with E-state index >= 15 is 0 Å². The van der Waals surface area contributed by atoms with Gasteiger partial charge in [-0.15, -0.1) is 0 Å². The minimum atomic E-state index is -0.589. The lowest BCUT2D eigenvalue weighted by Crippen LogP contribution is -2.43. The van der Waals surface area contributed by atoms with Crippen molar-refractivity contribution in [3.63, 3.8) is 0 Å². The number of anilines is 2. The molecule has 1 atom stereocenters. The highest BCUT2D eigenvalue weighted by atomic mass is 16.2. The van der Waals surface area contributed by atoms with Gasteiger partial charge in [-0.3, -0.25) is 35.6 Å². The number of hydrogen-bond acceptors (Lipinski definition) is 9. The third-order valence-corrected chi connectivity index (χ3v) is 8.56. The van der Waals surface area contributed by atoms with E-state index in [1.165, 1.54) is 11.9 Å². The van der Waals surface area contributed by atoms with Crippen molar-refractivity contribution >= 4 is 58.7 Å². The fourth-order valence-electron chi connectivity index (χ4n) is 6.02. The first-order valence-corrected chi connectivity index (χ1v) is 14.5. The monoisotopic (exact) mass is 595 g/mol. The number of amides is 2. The van der Waals surface area contributed by atoms with Gasteiger partial charge in [0, 0.05) is 45.0 Å². The zero-order valence-electron chi connectivity index (χ0n) is 24.7. The molecule has 1 aromatic heterocycles. The number of aromatic nitrogens is 1. The highest BCUT2D eigenvalue weighted by Crippen LogP contribution is 2.42. The predicted molar refractivity (Wildman–Crippen MR) is 172 cm³/mol. The van der Waals surface area contributed by atoms with Crippen LogP contribution < -0.4 is 16.0 Å². The maximum Gasteiger partial charge on any atom is 0.237 e. The van der Waals surface area contributed by atoms with Gasteiger partial charge in [-0.05, 0) is 49.1 Å². The first-order valence-electron chi connectivity index (χ1n) is 14.5. The normalized spacial score (nSPS) is 20.3. The Balaban J connectivity index is 1.17. The van der Waals surface area contributed by atoms with E-state index in [1.54, 1.807) is 24.1 Å². The van der Waals surface area contributed by atoms with Gasteiger partial charge in [0.2, 0.25) is 11.8 Å². The second-order valence-corrected chi connectivity index (χ2v) is 11.3. The molecule has 3 aliphatic heterocycles. The van der Waals surface area contributed by atoms with Crippen LogP contribution in [0.4, 0.5) is 11.5 Å². The van der Waals surface area contributed by atoms with E-state index in [-0.39, 0.29) is 47.0 Å². The lowest BCUT2D eigenvalue weighted by molar-refractivity contribution is -0.132. The first-order chi connectivity index (χ1) is 21.2. The minimum absolute atomic E-state index is 0.0443. The average Bonchev–Trinajstić information content (AvgIpc) is 3.61. The molecule has 0 radical (unpaired) electrons. The molecule has 0 unspecified atom stereocenters. The van der Waals surface area contributed by atoms with Gasteiger partial charge in [-0.25, -0.2) is 9.98 Å². The van der Waals surface area contributed by atoms with Crippen molar-refractivity contribution in [1.82, 2.24) is 20.1 Å².